The fourth-order valence-corrected chi connectivity index (χ4v) is 3.61. The maximum Gasteiger partial charge on any atom is 0.417 e. The van der Waals surface area contributed by atoms with E-state index in [1.807, 2.05) is 37.3 Å². The molecule has 0 spiro atoms. The van der Waals surface area contributed by atoms with E-state index in [0.29, 0.717) is 24.1 Å². The molecule has 0 saturated carbocycles. The molecule has 1 aromatic heterocycles. The van der Waals surface area contributed by atoms with E-state index in [4.69, 9.17) is 4.42 Å². The van der Waals surface area contributed by atoms with E-state index in [0.717, 1.165) is 16.7 Å². The van der Waals surface area contributed by atoms with Crippen molar-refractivity contribution in [1.82, 2.24) is 9.71 Å². The highest BCUT2D eigenvalue weighted by atomic mass is 32.2. The average Bonchev–Trinajstić information content (AvgIpc) is 2.88. The van der Waals surface area contributed by atoms with E-state index in [1.165, 1.54) is 0 Å². The van der Waals surface area contributed by atoms with Crippen molar-refractivity contribution in [3.8, 4) is 0 Å². The Morgan fingerprint density at radius 3 is 2.54 bits per heavy atom. The van der Waals surface area contributed by atoms with Gasteiger partial charge < -0.3 is 4.42 Å². The summed E-state index contributed by atoms with van der Waals surface area (Å²) in [6.45, 7) is 2.25. The Balaban J connectivity index is 1.59. The molecule has 0 bridgehead atoms. The summed E-state index contributed by atoms with van der Waals surface area (Å²) < 4.78 is 31.8. The fourth-order valence-electron chi connectivity index (χ4n) is 2.46. The van der Waals surface area contributed by atoms with Crippen molar-refractivity contribution in [1.29, 1.82) is 0 Å². The Kier molecular flexibility index (Phi) is 4.55. The van der Waals surface area contributed by atoms with Gasteiger partial charge in [0.15, 0.2) is 5.58 Å². The smallest absolute Gasteiger partial charge is 0.408 e. The van der Waals surface area contributed by atoms with Gasteiger partial charge in [0, 0.05) is 6.54 Å². The van der Waals surface area contributed by atoms with E-state index in [9.17, 15) is 13.2 Å². The molecular weight excluding hydrogens is 328 g/mol. The number of nitrogens with one attached hydrogen (secondary N) is 2. The minimum absolute atomic E-state index is 0.0403. The van der Waals surface area contributed by atoms with Crippen LogP contribution in [0.2, 0.25) is 0 Å². The molecule has 6 nitrogen and oxygen atoms in total. The van der Waals surface area contributed by atoms with Crippen molar-refractivity contribution in [3.63, 3.8) is 0 Å². The summed E-state index contributed by atoms with van der Waals surface area (Å²) in [7, 11) is -3.38. The number of sulfonamides is 1. The number of aryl methyl sites for hydroxylation is 1. The van der Waals surface area contributed by atoms with Gasteiger partial charge in [0.25, 0.3) is 0 Å². The number of fused-ring (bicyclic) bond motifs is 1. The molecule has 1 heterocycles. The van der Waals surface area contributed by atoms with Gasteiger partial charge in [-0.2, -0.15) is 0 Å². The van der Waals surface area contributed by atoms with Crippen LogP contribution < -0.4 is 10.5 Å². The molecule has 0 aliphatic carbocycles. The number of rotatable bonds is 6. The van der Waals surface area contributed by atoms with Gasteiger partial charge in [-0.15, -0.1) is 0 Å². The maximum absolute atomic E-state index is 12.1. The van der Waals surface area contributed by atoms with Crippen molar-refractivity contribution in [2.24, 2.45) is 0 Å². The van der Waals surface area contributed by atoms with Crippen LogP contribution in [0.1, 0.15) is 16.7 Å². The van der Waals surface area contributed by atoms with Gasteiger partial charge in [-0.3, -0.25) is 4.98 Å². The lowest BCUT2D eigenvalue weighted by Gasteiger charge is -2.07. The van der Waals surface area contributed by atoms with Crippen molar-refractivity contribution in [2.75, 3.05) is 6.54 Å². The molecule has 24 heavy (non-hydrogen) atoms. The van der Waals surface area contributed by atoms with E-state index in [-0.39, 0.29) is 5.75 Å². The Morgan fingerprint density at radius 1 is 1.08 bits per heavy atom. The molecule has 2 aromatic carbocycles. The monoisotopic (exact) mass is 346 g/mol. The maximum atomic E-state index is 12.1. The van der Waals surface area contributed by atoms with Gasteiger partial charge in [-0.1, -0.05) is 35.9 Å². The van der Waals surface area contributed by atoms with Gasteiger partial charge in [-0.25, -0.2) is 17.9 Å². The first kappa shape index (κ1) is 16.5. The van der Waals surface area contributed by atoms with Gasteiger partial charge in [0.2, 0.25) is 10.0 Å². The molecule has 126 valence electrons. The summed E-state index contributed by atoms with van der Waals surface area (Å²) in [4.78, 5) is 13.7. The quantitative estimate of drug-likeness (QED) is 0.715. The second-order valence-electron chi connectivity index (χ2n) is 5.73. The van der Waals surface area contributed by atoms with Crippen LogP contribution in [0.5, 0.6) is 0 Å². The first-order valence-electron chi connectivity index (χ1n) is 7.56. The number of hydrogen-bond donors (Lipinski definition) is 2. The summed E-state index contributed by atoms with van der Waals surface area (Å²) in [5.41, 5.74) is 3.86. The Hall–Kier alpha value is -2.38. The molecule has 0 saturated heterocycles. The highest BCUT2D eigenvalue weighted by molar-refractivity contribution is 7.88. The van der Waals surface area contributed by atoms with Crippen LogP contribution in [-0.2, 0) is 22.2 Å². The molecule has 0 amide bonds. The van der Waals surface area contributed by atoms with Crippen molar-refractivity contribution in [3.05, 3.63) is 69.7 Å². The van der Waals surface area contributed by atoms with Crippen LogP contribution in [0.4, 0.5) is 0 Å². The molecule has 0 unspecified atom stereocenters. The molecule has 0 aliphatic rings. The summed E-state index contributed by atoms with van der Waals surface area (Å²) in [5.74, 6) is -0.539. The fraction of sp³-hybridized carbons (Fsp3) is 0.235. The summed E-state index contributed by atoms with van der Waals surface area (Å²) in [6, 6.07) is 12.7. The zero-order chi connectivity index (χ0) is 17.2. The minimum atomic E-state index is -3.38. The van der Waals surface area contributed by atoms with Crippen LogP contribution in [-0.4, -0.2) is 19.9 Å². The highest BCUT2D eigenvalue weighted by Crippen LogP contribution is 2.13. The number of benzene rings is 2. The van der Waals surface area contributed by atoms with Gasteiger partial charge in [0.1, 0.15) is 0 Å². The largest absolute Gasteiger partial charge is 0.417 e. The standard InChI is InChI=1S/C17H18N2O4S/c1-12-2-4-14(5-3-12)11-24(21,22)18-9-8-13-6-7-16-15(10-13)19-17(20)23-16/h2-7,10,18H,8-9,11H2,1H3,(H,19,20). The number of hydrogen-bond acceptors (Lipinski definition) is 4. The predicted octanol–water partition coefficient (Wildman–Crippen LogP) is 2.09. The molecule has 2 N–H and O–H groups in total. The molecule has 0 radical (unpaired) electrons. The SMILES string of the molecule is Cc1ccc(CS(=O)(=O)NCCc2ccc3oc(=O)[nH]c3c2)cc1. The number of aromatic amines is 1. The average molecular weight is 346 g/mol. The summed E-state index contributed by atoms with van der Waals surface area (Å²) in [5, 5.41) is 0. The van der Waals surface area contributed by atoms with Crippen molar-refractivity contribution >= 4 is 21.1 Å². The summed E-state index contributed by atoms with van der Waals surface area (Å²) in [6.07, 6.45) is 0.524. The second kappa shape index (κ2) is 6.62. The Bertz CT molecular complexity index is 1000. The second-order valence-corrected chi connectivity index (χ2v) is 7.54. The molecule has 7 heteroatoms. The van der Waals surface area contributed by atoms with Crippen LogP contribution in [0, 0.1) is 6.92 Å². The zero-order valence-corrected chi connectivity index (χ0v) is 14.0. The van der Waals surface area contributed by atoms with E-state index >= 15 is 0 Å². The van der Waals surface area contributed by atoms with Gasteiger partial charge in [0.05, 0.1) is 11.3 Å². The number of oxazole rings is 1. The van der Waals surface area contributed by atoms with Crippen LogP contribution in [0.3, 0.4) is 0 Å². The first-order valence-corrected chi connectivity index (χ1v) is 9.21. The Morgan fingerprint density at radius 2 is 1.79 bits per heavy atom. The number of H-pyrrole nitrogens is 1. The van der Waals surface area contributed by atoms with E-state index in [2.05, 4.69) is 9.71 Å². The number of aromatic nitrogens is 1. The molecule has 0 atom stereocenters. The normalized spacial score (nSPS) is 11.9. The molecule has 3 rings (SSSR count). The lowest BCUT2D eigenvalue weighted by molar-refractivity contribution is 0.555. The molecular formula is C17H18N2O4S. The molecule has 3 aromatic rings. The zero-order valence-electron chi connectivity index (χ0n) is 13.2. The topological polar surface area (TPSA) is 92.2 Å². The first-order chi connectivity index (χ1) is 11.4. The minimum Gasteiger partial charge on any atom is -0.408 e. The van der Waals surface area contributed by atoms with Crippen molar-refractivity contribution < 1.29 is 12.8 Å². The molecule has 0 fully saturated rings. The predicted molar refractivity (Wildman–Crippen MR) is 92.3 cm³/mol. The van der Waals surface area contributed by atoms with Gasteiger partial charge in [-0.05, 0) is 36.6 Å². The van der Waals surface area contributed by atoms with E-state index in [1.54, 1.807) is 12.1 Å². The Labute approximate surface area is 139 Å². The van der Waals surface area contributed by atoms with Crippen LogP contribution in [0.15, 0.2) is 51.7 Å². The third-order valence-corrected chi connectivity index (χ3v) is 5.05. The lowest BCUT2D eigenvalue weighted by atomic mass is 10.1. The van der Waals surface area contributed by atoms with Gasteiger partial charge >= 0.3 is 5.76 Å². The summed E-state index contributed by atoms with van der Waals surface area (Å²) >= 11 is 0. The van der Waals surface area contributed by atoms with Crippen LogP contribution in [0.25, 0.3) is 11.1 Å². The van der Waals surface area contributed by atoms with Crippen LogP contribution >= 0.6 is 0 Å². The van der Waals surface area contributed by atoms with E-state index < -0.39 is 15.8 Å². The third-order valence-electron chi connectivity index (χ3n) is 3.70. The third kappa shape index (κ3) is 4.12. The lowest BCUT2D eigenvalue weighted by Crippen LogP contribution is -2.27. The van der Waals surface area contributed by atoms with Crippen molar-refractivity contribution in [2.45, 2.75) is 19.1 Å². The highest BCUT2D eigenvalue weighted by Gasteiger charge is 2.11. The molecule has 0 aliphatic heterocycles.